The summed E-state index contributed by atoms with van der Waals surface area (Å²) in [4.78, 5) is 26.6. The van der Waals surface area contributed by atoms with Crippen LogP contribution in [0.15, 0.2) is 104 Å². The van der Waals surface area contributed by atoms with Crippen LogP contribution < -0.4 is 10.2 Å². The average Bonchev–Trinajstić information content (AvgIpc) is 2.88. The van der Waals surface area contributed by atoms with Crippen molar-refractivity contribution < 1.29 is 14.7 Å². The highest BCUT2D eigenvalue weighted by molar-refractivity contribution is 6.30. The van der Waals surface area contributed by atoms with Crippen molar-refractivity contribution in [1.82, 2.24) is 0 Å². The molecule has 0 heterocycles. The Morgan fingerprint density at radius 3 is 1.91 bits per heavy atom. The van der Waals surface area contributed by atoms with E-state index in [0.29, 0.717) is 21.8 Å². The third-order valence-corrected chi connectivity index (χ3v) is 5.89. The van der Waals surface area contributed by atoms with E-state index in [0.717, 1.165) is 16.9 Å². The molecule has 4 rings (SSSR count). The van der Waals surface area contributed by atoms with E-state index < -0.39 is 11.9 Å². The van der Waals surface area contributed by atoms with E-state index in [9.17, 15) is 14.7 Å². The van der Waals surface area contributed by atoms with Gasteiger partial charge in [0.25, 0.3) is 5.91 Å². The van der Waals surface area contributed by atoms with E-state index in [4.69, 9.17) is 11.6 Å². The lowest BCUT2D eigenvalue weighted by Crippen LogP contribution is -2.13. The number of anilines is 3. The number of hydrogen-bond donors (Lipinski definition) is 2. The number of amides is 1. The lowest BCUT2D eigenvalue weighted by Gasteiger charge is -2.20. The summed E-state index contributed by atoms with van der Waals surface area (Å²) in [6.45, 7) is 4.17. The zero-order valence-corrected chi connectivity index (χ0v) is 19.8. The number of rotatable bonds is 7. The number of para-hydroxylation sites is 1. The summed E-state index contributed by atoms with van der Waals surface area (Å²) >= 11 is 5.99. The fraction of sp³-hybridized carbons (Fsp3) is 0.0345. The van der Waals surface area contributed by atoms with E-state index in [1.165, 1.54) is 12.1 Å². The van der Waals surface area contributed by atoms with Crippen LogP contribution in [-0.2, 0) is 0 Å². The minimum absolute atomic E-state index is 0.0148. The quantitative estimate of drug-likeness (QED) is 0.294. The molecule has 2 N–H and O–H groups in total. The summed E-state index contributed by atoms with van der Waals surface area (Å²) in [5, 5.41) is 13.1. The molecule has 174 valence electrons. The molecule has 0 aliphatic rings. The van der Waals surface area contributed by atoms with Gasteiger partial charge < -0.3 is 15.3 Å². The lowest BCUT2D eigenvalue weighted by molar-refractivity contribution is 0.0697. The fourth-order valence-corrected chi connectivity index (χ4v) is 3.77. The summed E-state index contributed by atoms with van der Waals surface area (Å²) in [6.07, 6.45) is 0. The van der Waals surface area contributed by atoms with Gasteiger partial charge in [0.05, 0.1) is 5.56 Å². The summed E-state index contributed by atoms with van der Waals surface area (Å²) < 4.78 is 0. The Hall–Kier alpha value is -4.35. The van der Waals surface area contributed by atoms with Crippen LogP contribution >= 0.6 is 11.6 Å². The summed E-state index contributed by atoms with van der Waals surface area (Å²) in [5.41, 5.74) is 4.82. The number of benzene rings is 4. The van der Waals surface area contributed by atoms with E-state index in [-0.39, 0.29) is 11.1 Å². The maximum atomic E-state index is 12.8. The van der Waals surface area contributed by atoms with Crippen LogP contribution in [0.25, 0.3) is 5.57 Å². The van der Waals surface area contributed by atoms with Gasteiger partial charge in [0.1, 0.15) is 0 Å². The second-order valence-corrected chi connectivity index (χ2v) is 8.42. The Balaban J connectivity index is 1.60. The molecule has 4 aromatic carbocycles. The Labute approximate surface area is 208 Å². The predicted octanol–water partition coefficient (Wildman–Crippen LogP) is 7.12. The van der Waals surface area contributed by atoms with Crippen molar-refractivity contribution in [2.24, 2.45) is 0 Å². The minimum Gasteiger partial charge on any atom is -0.478 e. The van der Waals surface area contributed by atoms with Crippen molar-refractivity contribution in [3.05, 3.63) is 131 Å². The van der Waals surface area contributed by atoms with Gasteiger partial charge in [-0.15, -0.1) is 0 Å². The average molecular weight is 483 g/mol. The van der Waals surface area contributed by atoms with Crippen molar-refractivity contribution in [2.45, 2.75) is 0 Å². The highest BCUT2D eigenvalue weighted by atomic mass is 35.5. The van der Waals surface area contributed by atoms with E-state index in [1.54, 1.807) is 18.2 Å². The molecule has 0 spiro atoms. The molecule has 0 bridgehead atoms. The molecule has 0 aliphatic carbocycles. The maximum absolute atomic E-state index is 12.8. The molecular formula is C29H23ClN2O3. The third-order valence-electron chi connectivity index (χ3n) is 5.64. The molecule has 35 heavy (non-hydrogen) atoms. The highest BCUT2D eigenvalue weighted by Gasteiger charge is 2.15. The first kappa shape index (κ1) is 23.8. The topological polar surface area (TPSA) is 69.6 Å². The minimum atomic E-state index is -1.12. The number of halogens is 1. The summed E-state index contributed by atoms with van der Waals surface area (Å²) in [7, 11) is 1.96. The van der Waals surface area contributed by atoms with Gasteiger partial charge in [-0.2, -0.15) is 0 Å². The van der Waals surface area contributed by atoms with Gasteiger partial charge in [-0.05, 0) is 83.4 Å². The van der Waals surface area contributed by atoms with Crippen LogP contribution in [0.1, 0.15) is 31.8 Å². The summed E-state index contributed by atoms with van der Waals surface area (Å²) in [5.74, 6) is -1.51. The third kappa shape index (κ3) is 5.60. The number of aromatic carboxylic acids is 1. The molecule has 0 saturated heterocycles. The molecule has 0 radical (unpaired) electrons. The zero-order chi connectivity index (χ0) is 24.9. The fourth-order valence-electron chi connectivity index (χ4n) is 3.65. The standard InChI is InChI=1S/C29H23ClN2O3/c1-19(20-8-12-26(13-9-20)32(2)27-14-10-24(30)11-15-27)21-16-22(18-23(17-21)29(34)35)28(33)31-25-6-4-3-5-7-25/h3-18H,1H2,2H3,(H,31,33)(H,34,35). The SMILES string of the molecule is C=C(c1ccc(N(C)c2ccc(Cl)cc2)cc1)c1cc(C(=O)O)cc(C(=O)Nc2ccccc2)c1. The molecule has 0 aliphatic heterocycles. The van der Waals surface area contributed by atoms with Crippen LogP contribution in [0.4, 0.5) is 17.1 Å². The van der Waals surface area contributed by atoms with Crippen molar-refractivity contribution in [2.75, 3.05) is 17.3 Å². The molecule has 5 nitrogen and oxygen atoms in total. The molecule has 0 atom stereocenters. The van der Waals surface area contributed by atoms with E-state index in [2.05, 4.69) is 11.9 Å². The Morgan fingerprint density at radius 2 is 1.31 bits per heavy atom. The first-order valence-corrected chi connectivity index (χ1v) is 11.2. The van der Waals surface area contributed by atoms with Crippen molar-refractivity contribution in [3.8, 4) is 0 Å². The smallest absolute Gasteiger partial charge is 0.335 e. The van der Waals surface area contributed by atoms with E-state index >= 15 is 0 Å². The highest BCUT2D eigenvalue weighted by Crippen LogP contribution is 2.29. The van der Waals surface area contributed by atoms with Crippen LogP contribution in [0.2, 0.25) is 5.02 Å². The second-order valence-electron chi connectivity index (χ2n) is 7.99. The van der Waals surface area contributed by atoms with Crippen LogP contribution in [0, 0.1) is 0 Å². The van der Waals surface area contributed by atoms with Crippen LogP contribution in [0.5, 0.6) is 0 Å². The molecule has 0 fully saturated rings. The molecule has 6 heteroatoms. The molecular weight excluding hydrogens is 460 g/mol. The van der Waals surface area contributed by atoms with Gasteiger partial charge in [0, 0.05) is 34.7 Å². The number of nitrogens with zero attached hydrogens (tertiary/aromatic N) is 1. The Kier molecular flexibility index (Phi) is 6.99. The number of carboxylic acids is 1. The number of nitrogens with one attached hydrogen (secondary N) is 1. The first-order valence-electron chi connectivity index (χ1n) is 10.9. The molecule has 0 unspecified atom stereocenters. The Morgan fingerprint density at radius 1 is 0.771 bits per heavy atom. The van der Waals surface area contributed by atoms with Crippen LogP contribution in [-0.4, -0.2) is 24.0 Å². The van der Waals surface area contributed by atoms with Gasteiger partial charge in [-0.25, -0.2) is 4.79 Å². The number of carbonyl (C=O) groups excluding carboxylic acids is 1. The second kappa shape index (κ2) is 10.3. The maximum Gasteiger partial charge on any atom is 0.335 e. The normalized spacial score (nSPS) is 10.5. The largest absolute Gasteiger partial charge is 0.478 e. The van der Waals surface area contributed by atoms with E-state index in [1.807, 2.05) is 78.7 Å². The predicted molar refractivity (Wildman–Crippen MR) is 142 cm³/mol. The number of hydrogen-bond acceptors (Lipinski definition) is 3. The molecule has 0 saturated carbocycles. The molecule has 1 amide bonds. The summed E-state index contributed by atoms with van der Waals surface area (Å²) in [6, 6.07) is 28.8. The Bertz CT molecular complexity index is 1380. The lowest BCUT2D eigenvalue weighted by atomic mass is 9.95. The van der Waals surface area contributed by atoms with Crippen molar-refractivity contribution in [3.63, 3.8) is 0 Å². The van der Waals surface area contributed by atoms with Gasteiger partial charge in [0.15, 0.2) is 0 Å². The van der Waals surface area contributed by atoms with Gasteiger partial charge in [-0.1, -0.05) is 48.5 Å². The first-order chi connectivity index (χ1) is 16.8. The number of carboxylic acid groups (broad SMARTS) is 1. The monoisotopic (exact) mass is 482 g/mol. The van der Waals surface area contributed by atoms with Crippen LogP contribution in [0.3, 0.4) is 0 Å². The van der Waals surface area contributed by atoms with Crippen molar-refractivity contribution >= 4 is 46.1 Å². The molecule has 0 aromatic heterocycles. The molecule has 4 aromatic rings. The van der Waals surface area contributed by atoms with Gasteiger partial charge >= 0.3 is 5.97 Å². The van der Waals surface area contributed by atoms with Gasteiger partial charge in [0.2, 0.25) is 0 Å². The van der Waals surface area contributed by atoms with Gasteiger partial charge in [-0.3, -0.25) is 4.79 Å². The zero-order valence-electron chi connectivity index (χ0n) is 19.0. The van der Waals surface area contributed by atoms with Crippen molar-refractivity contribution in [1.29, 1.82) is 0 Å². The number of carbonyl (C=O) groups is 2.